The third-order valence-corrected chi connectivity index (χ3v) is 10.1. The lowest BCUT2D eigenvalue weighted by Crippen LogP contribution is -2.48. The van der Waals surface area contributed by atoms with Crippen molar-refractivity contribution in [1.29, 1.82) is 0 Å². The number of amides is 1. The van der Waals surface area contributed by atoms with E-state index in [0.29, 0.717) is 30.0 Å². The molecule has 1 amide bonds. The molecular weight excluding hydrogens is 498 g/mol. The van der Waals surface area contributed by atoms with Gasteiger partial charge in [-0.05, 0) is 70.6 Å². The smallest absolute Gasteiger partial charge is 0.248 e. The van der Waals surface area contributed by atoms with Crippen LogP contribution in [-0.4, -0.2) is 62.2 Å². The molecule has 3 heterocycles. The van der Waals surface area contributed by atoms with Crippen molar-refractivity contribution < 1.29 is 13.6 Å². The molecule has 0 radical (unpaired) electrons. The van der Waals surface area contributed by atoms with E-state index in [9.17, 15) is 13.6 Å². The van der Waals surface area contributed by atoms with Gasteiger partial charge in [0, 0.05) is 55.4 Å². The molecule has 5 atom stereocenters. The van der Waals surface area contributed by atoms with E-state index < -0.39 is 5.92 Å². The Morgan fingerprint density at radius 1 is 1.13 bits per heavy atom. The van der Waals surface area contributed by atoms with Gasteiger partial charge in [0.25, 0.3) is 0 Å². The summed E-state index contributed by atoms with van der Waals surface area (Å²) >= 11 is 0. The Kier molecular flexibility index (Phi) is 8.49. The molecular formula is C30H48F2N6O. The highest BCUT2D eigenvalue weighted by Crippen LogP contribution is 2.42. The van der Waals surface area contributed by atoms with E-state index in [1.807, 2.05) is 0 Å². The molecule has 5 rings (SSSR count). The highest BCUT2D eigenvalue weighted by Gasteiger charge is 2.43. The zero-order valence-corrected chi connectivity index (χ0v) is 24.2. The van der Waals surface area contributed by atoms with Gasteiger partial charge in [-0.3, -0.25) is 9.69 Å². The first kappa shape index (κ1) is 28.7. The predicted molar refractivity (Wildman–Crippen MR) is 149 cm³/mol. The molecule has 1 aromatic rings. The van der Waals surface area contributed by atoms with Gasteiger partial charge in [-0.15, -0.1) is 10.2 Å². The number of rotatable bonds is 8. The van der Waals surface area contributed by atoms with Gasteiger partial charge in [0.15, 0.2) is 0 Å². The number of carbonyl (C=O) groups is 1. The summed E-state index contributed by atoms with van der Waals surface area (Å²) in [5.41, 5.74) is 7.56. The van der Waals surface area contributed by atoms with Gasteiger partial charge in [-0.2, -0.15) is 0 Å². The fraction of sp³-hybridized carbons (Fsp3) is 0.833. The fourth-order valence-electron chi connectivity index (χ4n) is 7.68. The van der Waals surface area contributed by atoms with Crippen LogP contribution in [0.25, 0.3) is 0 Å². The summed E-state index contributed by atoms with van der Waals surface area (Å²) in [6.07, 6.45) is 9.59. The SMILES string of the molecule is Cc1nnc(C(C)C)n1C1CC2CCC(C1)N2CC[C@H](NC(=O)C1CCC(F)(F)CC1)C1=CCC(N)C(C)C1. The average Bonchev–Trinajstić information content (AvgIpc) is 3.38. The monoisotopic (exact) mass is 546 g/mol. The van der Waals surface area contributed by atoms with E-state index in [4.69, 9.17) is 5.73 Å². The van der Waals surface area contributed by atoms with Crippen molar-refractivity contribution in [3.8, 4) is 0 Å². The van der Waals surface area contributed by atoms with Crippen molar-refractivity contribution in [3.05, 3.63) is 23.3 Å². The molecule has 0 aromatic carbocycles. The fourth-order valence-corrected chi connectivity index (χ4v) is 7.68. The number of hydrogen-bond acceptors (Lipinski definition) is 5. The quantitative estimate of drug-likeness (QED) is 0.434. The molecule has 0 spiro atoms. The Morgan fingerprint density at radius 3 is 2.41 bits per heavy atom. The number of aromatic nitrogens is 3. The standard InChI is InChI=1S/C30H48F2N6O/c1-18(2)28-36-35-20(4)38(28)25-16-23-6-7-24(17-25)37(23)14-11-27(22-5-8-26(33)19(3)15-22)34-29(39)21-9-12-30(31,32)13-10-21/h5,18-19,21,23-27H,6-17,33H2,1-4H3,(H,34,39)/t19?,23?,24?,25?,26?,27-/m0/s1. The third-order valence-electron chi connectivity index (χ3n) is 10.1. The third kappa shape index (κ3) is 6.24. The van der Waals surface area contributed by atoms with E-state index in [0.717, 1.165) is 50.3 Å². The van der Waals surface area contributed by atoms with Gasteiger partial charge in [0.2, 0.25) is 11.8 Å². The Balaban J connectivity index is 1.25. The van der Waals surface area contributed by atoms with Crippen molar-refractivity contribution in [2.24, 2.45) is 17.6 Å². The molecule has 4 unspecified atom stereocenters. The number of alkyl halides is 2. The minimum atomic E-state index is -2.62. The summed E-state index contributed by atoms with van der Waals surface area (Å²) in [6.45, 7) is 9.56. The van der Waals surface area contributed by atoms with Crippen LogP contribution in [0, 0.1) is 18.8 Å². The minimum absolute atomic E-state index is 0.0510. The van der Waals surface area contributed by atoms with Gasteiger partial charge >= 0.3 is 0 Å². The molecule has 7 nitrogen and oxygen atoms in total. The summed E-state index contributed by atoms with van der Waals surface area (Å²) in [7, 11) is 0. The van der Waals surface area contributed by atoms with Crippen LogP contribution in [0.3, 0.4) is 0 Å². The molecule has 2 bridgehead atoms. The van der Waals surface area contributed by atoms with Crippen LogP contribution in [0.5, 0.6) is 0 Å². The van der Waals surface area contributed by atoms with Crippen LogP contribution in [0.15, 0.2) is 11.6 Å². The number of carbonyl (C=O) groups excluding carboxylic acids is 1. The van der Waals surface area contributed by atoms with Crippen molar-refractivity contribution in [1.82, 2.24) is 25.0 Å². The summed E-state index contributed by atoms with van der Waals surface area (Å²) < 4.78 is 29.8. The van der Waals surface area contributed by atoms with Crippen LogP contribution in [0.2, 0.25) is 0 Å². The van der Waals surface area contributed by atoms with E-state index >= 15 is 0 Å². The lowest BCUT2D eigenvalue weighted by Gasteiger charge is -2.41. The first-order valence-electron chi connectivity index (χ1n) is 15.3. The van der Waals surface area contributed by atoms with Crippen LogP contribution in [-0.2, 0) is 4.79 Å². The number of nitrogens with one attached hydrogen (secondary N) is 1. The second-order valence-corrected chi connectivity index (χ2v) is 13.2. The Morgan fingerprint density at radius 2 is 1.79 bits per heavy atom. The lowest BCUT2D eigenvalue weighted by atomic mass is 9.82. The second-order valence-electron chi connectivity index (χ2n) is 13.2. The molecule has 4 aliphatic rings. The first-order chi connectivity index (χ1) is 18.5. The molecule has 1 saturated carbocycles. The summed E-state index contributed by atoms with van der Waals surface area (Å²) in [4.78, 5) is 15.9. The molecule has 3 fully saturated rings. The average molecular weight is 547 g/mol. The van der Waals surface area contributed by atoms with E-state index in [1.54, 1.807) is 0 Å². The molecule has 39 heavy (non-hydrogen) atoms. The first-order valence-corrected chi connectivity index (χ1v) is 15.3. The largest absolute Gasteiger partial charge is 0.349 e. The molecule has 1 aromatic heterocycles. The highest BCUT2D eigenvalue weighted by atomic mass is 19.3. The number of piperidine rings is 1. The van der Waals surface area contributed by atoms with E-state index in [2.05, 4.69) is 58.8 Å². The molecule has 3 N–H and O–H groups in total. The van der Waals surface area contributed by atoms with Crippen LogP contribution < -0.4 is 11.1 Å². The second kappa shape index (κ2) is 11.6. The van der Waals surface area contributed by atoms with Gasteiger partial charge in [-0.25, -0.2) is 8.78 Å². The molecule has 218 valence electrons. The Hall–Kier alpha value is -1.87. The topological polar surface area (TPSA) is 89.1 Å². The van der Waals surface area contributed by atoms with Gasteiger partial charge in [0.05, 0.1) is 6.04 Å². The zero-order valence-electron chi connectivity index (χ0n) is 24.2. The van der Waals surface area contributed by atoms with Crippen molar-refractivity contribution in [2.45, 2.75) is 140 Å². The van der Waals surface area contributed by atoms with Crippen molar-refractivity contribution in [3.63, 3.8) is 0 Å². The summed E-state index contributed by atoms with van der Waals surface area (Å²) in [5.74, 6) is -0.176. The van der Waals surface area contributed by atoms with E-state index in [-0.39, 0.29) is 49.6 Å². The number of nitrogens with two attached hydrogens (primary N) is 1. The number of hydrogen-bond donors (Lipinski definition) is 2. The van der Waals surface area contributed by atoms with Crippen LogP contribution in [0.1, 0.15) is 115 Å². The number of fused-ring (bicyclic) bond motifs is 2. The zero-order chi connectivity index (χ0) is 27.9. The summed E-state index contributed by atoms with van der Waals surface area (Å²) in [6, 6.07) is 1.59. The van der Waals surface area contributed by atoms with Crippen molar-refractivity contribution >= 4 is 5.91 Å². The minimum Gasteiger partial charge on any atom is -0.349 e. The predicted octanol–water partition coefficient (Wildman–Crippen LogP) is 5.26. The number of nitrogens with zero attached hydrogens (tertiary/aromatic N) is 4. The van der Waals surface area contributed by atoms with Crippen LogP contribution >= 0.6 is 0 Å². The van der Waals surface area contributed by atoms with E-state index in [1.165, 1.54) is 18.4 Å². The molecule has 2 aliphatic carbocycles. The summed E-state index contributed by atoms with van der Waals surface area (Å²) in [5, 5.41) is 12.2. The highest BCUT2D eigenvalue weighted by molar-refractivity contribution is 5.79. The Labute approximate surface area is 232 Å². The lowest BCUT2D eigenvalue weighted by molar-refractivity contribution is -0.129. The molecule has 9 heteroatoms. The Bertz CT molecular complexity index is 1030. The maximum absolute atomic E-state index is 13.7. The van der Waals surface area contributed by atoms with Crippen molar-refractivity contribution in [2.75, 3.05) is 6.54 Å². The van der Waals surface area contributed by atoms with Gasteiger partial charge in [-0.1, -0.05) is 32.4 Å². The maximum atomic E-state index is 13.7. The normalized spacial score (nSPS) is 32.3. The number of aryl methyl sites for hydroxylation is 1. The van der Waals surface area contributed by atoms with Gasteiger partial charge in [0.1, 0.15) is 11.6 Å². The van der Waals surface area contributed by atoms with Crippen LogP contribution in [0.4, 0.5) is 8.78 Å². The van der Waals surface area contributed by atoms with Gasteiger partial charge < -0.3 is 15.6 Å². The molecule has 2 saturated heterocycles. The number of halogens is 2. The molecule has 2 aliphatic heterocycles. The maximum Gasteiger partial charge on any atom is 0.248 e.